The van der Waals surface area contributed by atoms with E-state index < -0.39 is 5.82 Å². The second kappa shape index (κ2) is 4.59. The van der Waals surface area contributed by atoms with E-state index in [1.807, 2.05) is 0 Å². The predicted octanol–water partition coefficient (Wildman–Crippen LogP) is 4.55. The van der Waals surface area contributed by atoms with E-state index in [9.17, 15) is 4.39 Å². The Morgan fingerprint density at radius 1 is 1.45 bits per heavy atom. The summed E-state index contributed by atoms with van der Waals surface area (Å²) in [6, 6.07) is 1.60. The van der Waals surface area contributed by atoms with E-state index in [4.69, 9.17) is 16.3 Å². The van der Waals surface area contributed by atoms with Crippen LogP contribution in [0.3, 0.4) is 0 Å². The Labute approximate surface area is 124 Å². The first-order valence-corrected chi connectivity index (χ1v) is 7.79. The zero-order chi connectivity index (χ0) is 14.5. The zero-order valence-corrected chi connectivity index (χ0v) is 13.0. The van der Waals surface area contributed by atoms with Gasteiger partial charge in [0, 0.05) is 17.2 Å². The minimum absolute atomic E-state index is 0.0452. The number of hydrogen-bond acceptors (Lipinski definition) is 2. The lowest BCUT2D eigenvalue weighted by atomic mass is 9.70. The van der Waals surface area contributed by atoms with Gasteiger partial charge in [-0.3, -0.25) is 0 Å². The van der Waals surface area contributed by atoms with Crippen molar-refractivity contribution in [3.05, 3.63) is 23.6 Å². The van der Waals surface area contributed by atoms with E-state index in [0.717, 1.165) is 12.8 Å². The number of halogens is 2. The number of ether oxygens (including phenoxy) is 1. The van der Waals surface area contributed by atoms with Crippen molar-refractivity contribution in [2.24, 2.45) is 16.7 Å². The molecule has 1 aromatic rings. The third-order valence-electron chi connectivity index (χ3n) is 6.05. The topological polar surface area (TPSA) is 22.1 Å². The average molecular weight is 298 g/mol. The van der Waals surface area contributed by atoms with Gasteiger partial charge in [-0.2, -0.15) is 0 Å². The molecule has 1 aromatic heterocycles. The molecule has 2 aliphatic carbocycles. The summed E-state index contributed by atoms with van der Waals surface area (Å²) >= 11 is 5.73. The second-order valence-electron chi connectivity index (χ2n) is 6.94. The largest absolute Gasteiger partial charge is 0.472 e. The fourth-order valence-corrected chi connectivity index (χ4v) is 4.30. The third kappa shape index (κ3) is 1.78. The molecule has 2 fully saturated rings. The Morgan fingerprint density at radius 2 is 2.20 bits per heavy atom. The first-order valence-electron chi connectivity index (χ1n) is 7.26. The summed E-state index contributed by atoms with van der Waals surface area (Å²) in [5.74, 6) is 0.502. The Bertz CT molecular complexity index is 533. The molecule has 2 nitrogen and oxygen atoms in total. The molecule has 3 unspecified atom stereocenters. The van der Waals surface area contributed by atoms with E-state index in [1.165, 1.54) is 6.42 Å². The third-order valence-corrected chi connectivity index (χ3v) is 6.34. The lowest BCUT2D eigenvalue weighted by molar-refractivity contribution is 0.0246. The summed E-state index contributed by atoms with van der Waals surface area (Å²) in [6.45, 7) is 6.90. The molecule has 0 saturated heterocycles. The maximum absolute atomic E-state index is 14.2. The Hall–Kier alpha value is -0.830. The van der Waals surface area contributed by atoms with Crippen LogP contribution in [-0.2, 0) is 5.88 Å². The normalized spacial score (nSPS) is 34.5. The van der Waals surface area contributed by atoms with Gasteiger partial charge in [0.05, 0.1) is 5.88 Å². The second-order valence-corrected chi connectivity index (χ2v) is 7.21. The molecule has 0 spiro atoms. The summed E-state index contributed by atoms with van der Waals surface area (Å²) in [7, 11) is 0. The standard InChI is InChI=1S/C16H21ClFNO/c1-15(2)11-4-6-16(15,3)12(8-11)20-14-13(18)10(9-17)5-7-19-14/h5,7,11-12H,4,6,8-9H2,1-3H3. The van der Waals surface area contributed by atoms with Crippen LogP contribution in [0.2, 0.25) is 0 Å². The minimum atomic E-state index is -0.410. The molecule has 20 heavy (non-hydrogen) atoms. The molecule has 0 aliphatic heterocycles. The number of hydrogen-bond donors (Lipinski definition) is 0. The molecule has 0 radical (unpaired) electrons. The van der Waals surface area contributed by atoms with Crippen LogP contribution in [-0.4, -0.2) is 11.1 Å². The van der Waals surface area contributed by atoms with Gasteiger partial charge in [0.25, 0.3) is 5.88 Å². The molecule has 2 saturated carbocycles. The lowest BCUT2D eigenvalue weighted by Crippen LogP contribution is -2.39. The fraction of sp³-hybridized carbons (Fsp3) is 0.688. The van der Waals surface area contributed by atoms with Crippen LogP contribution in [0.25, 0.3) is 0 Å². The molecule has 3 rings (SSSR count). The Balaban J connectivity index is 1.87. The SMILES string of the molecule is CC1(C)C2CCC1(C)C(Oc1nccc(CCl)c1F)C2. The van der Waals surface area contributed by atoms with E-state index in [1.54, 1.807) is 12.3 Å². The van der Waals surface area contributed by atoms with Crippen LogP contribution in [0.5, 0.6) is 5.88 Å². The van der Waals surface area contributed by atoms with Gasteiger partial charge in [0.2, 0.25) is 0 Å². The summed E-state index contributed by atoms with van der Waals surface area (Å²) in [5.41, 5.74) is 0.797. The van der Waals surface area contributed by atoms with Crippen molar-refractivity contribution >= 4 is 11.6 Å². The Morgan fingerprint density at radius 3 is 2.75 bits per heavy atom. The highest BCUT2D eigenvalue weighted by Crippen LogP contribution is 2.66. The lowest BCUT2D eigenvalue weighted by Gasteiger charge is -2.38. The quantitative estimate of drug-likeness (QED) is 0.763. The first-order chi connectivity index (χ1) is 9.40. The Kier molecular flexibility index (Phi) is 3.24. The van der Waals surface area contributed by atoms with Crippen molar-refractivity contribution in [2.75, 3.05) is 0 Å². The van der Waals surface area contributed by atoms with Gasteiger partial charge < -0.3 is 4.74 Å². The highest BCUT2D eigenvalue weighted by molar-refractivity contribution is 6.17. The van der Waals surface area contributed by atoms with Gasteiger partial charge in [-0.15, -0.1) is 11.6 Å². The van der Waals surface area contributed by atoms with Crippen LogP contribution in [0.4, 0.5) is 4.39 Å². The molecule has 3 atom stereocenters. The first kappa shape index (κ1) is 14.1. The van der Waals surface area contributed by atoms with E-state index in [2.05, 4.69) is 25.8 Å². The molecule has 4 heteroatoms. The fourth-order valence-electron chi connectivity index (χ4n) is 4.09. The maximum atomic E-state index is 14.2. The zero-order valence-electron chi connectivity index (χ0n) is 12.2. The van der Waals surface area contributed by atoms with Crippen LogP contribution < -0.4 is 4.74 Å². The van der Waals surface area contributed by atoms with Gasteiger partial charge in [-0.05, 0) is 36.7 Å². The maximum Gasteiger partial charge on any atom is 0.250 e. The number of aromatic nitrogens is 1. The van der Waals surface area contributed by atoms with Gasteiger partial charge >= 0.3 is 0 Å². The van der Waals surface area contributed by atoms with Crippen LogP contribution in [0.1, 0.15) is 45.6 Å². The molecule has 2 aliphatic rings. The number of fused-ring (bicyclic) bond motifs is 2. The van der Waals surface area contributed by atoms with Crippen molar-refractivity contribution in [1.82, 2.24) is 4.98 Å². The van der Waals surface area contributed by atoms with Crippen LogP contribution >= 0.6 is 11.6 Å². The average Bonchev–Trinajstić information content (AvgIpc) is 2.74. The number of pyridine rings is 1. The number of nitrogens with zero attached hydrogens (tertiary/aromatic N) is 1. The highest BCUT2D eigenvalue weighted by atomic mass is 35.5. The molecule has 2 bridgehead atoms. The molecule has 0 aromatic carbocycles. The van der Waals surface area contributed by atoms with Crippen LogP contribution in [0.15, 0.2) is 12.3 Å². The summed E-state index contributed by atoms with van der Waals surface area (Å²) in [4.78, 5) is 4.06. The van der Waals surface area contributed by atoms with E-state index in [0.29, 0.717) is 11.5 Å². The molecular formula is C16H21ClFNO. The van der Waals surface area contributed by atoms with Crippen molar-refractivity contribution in [3.63, 3.8) is 0 Å². The smallest absolute Gasteiger partial charge is 0.250 e. The highest BCUT2D eigenvalue weighted by Gasteiger charge is 2.62. The number of rotatable bonds is 3. The number of alkyl halides is 1. The van der Waals surface area contributed by atoms with E-state index >= 15 is 0 Å². The van der Waals surface area contributed by atoms with Crippen molar-refractivity contribution in [3.8, 4) is 5.88 Å². The molecule has 1 heterocycles. The summed E-state index contributed by atoms with van der Waals surface area (Å²) < 4.78 is 20.2. The summed E-state index contributed by atoms with van der Waals surface area (Å²) in [6.07, 6.45) is 5.00. The van der Waals surface area contributed by atoms with Gasteiger partial charge in [0.15, 0.2) is 5.82 Å². The molecule has 0 N–H and O–H groups in total. The molecular weight excluding hydrogens is 277 g/mol. The van der Waals surface area contributed by atoms with Crippen molar-refractivity contribution < 1.29 is 9.13 Å². The predicted molar refractivity (Wildman–Crippen MR) is 77.4 cm³/mol. The van der Waals surface area contributed by atoms with Gasteiger partial charge in [-0.25, -0.2) is 9.37 Å². The van der Waals surface area contributed by atoms with Gasteiger partial charge in [0.1, 0.15) is 6.10 Å². The summed E-state index contributed by atoms with van der Waals surface area (Å²) in [5, 5.41) is 0. The monoisotopic (exact) mass is 297 g/mol. The van der Waals surface area contributed by atoms with Crippen LogP contribution in [0, 0.1) is 22.6 Å². The van der Waals surface area contributed by atoms with Crippen molar-refractivity contribution in [1.29, 1.82) is 0 Å². The minimum Gasteiger partial charge on any atom is -0.472 e. The molecule has 110 valence electrons. The van der Waals surface area contributed by atoms with Crippen molar-refractivity contribution in [2.45, 2.75) is 52.0 Å². The molecule has 0 amide bonds. The van der Waals surface area contributed by atoms with E-state index in [-0.39, 0.29) is 28.7 Å². The van der Waals surface area contributed by atoms with Gasteiger partial charge in [-0.1, -0.05) is 20.8 Å².